The van der Waals surface area contributed by atoms with Gasteiger partial charge in [-0.05, 0) is 50.5 Å². The van der Waals surface area contributed by atoms with Gasteiger partial charge in [-0.15, -0.1) is 24.0 Å². The number of nitrogens with one attached hydrogen (secondary N) is 3. The summed E-state index contributed by atoms with van der Waals surface area (Å²) in [5, 5.41) is 6.30. The van der Waals surface area contributed by atoms with E-state index in [2.05, 4.69) is 20.3 Å². The van der Waals surface area contributed by atoms with Gasteiger partial charge in [0.25, 0.3) is 0 Å². The summed E-state index contributed by atoms with van der Waals surface area (Å²) in [5.74, 6) is 0.466. The van der Waals surface area contributed by atoms with E-state index in [0.717, 1.165) is 17.5 Å². The molecule has 0 heterocycles. The summed E-state index contributed by atoms with van der Waals surface area (Å²) >= 11 is 0. The molecule has 0 atom stereocenters. The van der Waals surface area contributed by atoms with Crippen LogP contribution < -0.4 is 15.4 Å². The third-order valence-corrected chi connectivity index (χ3v) is 4.82. The van der Waals surface area contributed by atoms with Crippen molar-refractivity contribution >= 4 is 40.0 Å². The fourth-order valence-electron chi connectivity index (χ4n) is 2.07. The Morgan fingerprint density at radius 1 is 1.20 bits per heavy atom. The number of benzene rings is 1. The highest BCUT2D eigenvalue weighted by Crippen LogP contribution is 2.10. The van der Waals surface area contributed by atoms with E-state index in [-0.39, 0.29) is 42.1 Å². The maximum Gasteiger partial charge on any atom is 0.211 e. The Labute approximate surface area is 167 Å². The molecule has 0 aliphatic rings. The third-order valence-electron chi connectivity index (χ3n) is 3.42. The van der Waals surface area contributed by atoms with E-state index in [4.69, 9.17) is 0 Å². The van der Waals surface area contributed by atoms with E-state index in [1.54, 1.807) is 13.0 Å². The molecule has 3 N–H and O–H groups in total. The first-order chi connectivity index (χ1) is 11.4. The smallest absolute Gasteiger partial charge is 0.211 e. The molecular weight excluding hydrogens is 458 g/mol. The van der Waals surface area contributed by atoms with Crippen molar-refractivity contribution in [1.82, 2.24) is 15.4 Å². The lowest BCUT2D eigenvalue weighted by molar-refractivity contribution is 0.583. The second-order valence-corrected chi connectivity index (χ2v) is 7.40. The molecule has 0 aromatic heterocycles. The summed E-state index contributed by atoms with van der Waals surface area (Å²) in [6.45, 7) is 7.42. The summed E-state index contributed by atoms with van der Waals surface area (Å²) in [6.07, 6.45) is 0.749. The molecule has 0 spiro atoms. The van der Waals surface area contributed by atoms with Gasteiger partial charge < -0.3 is 10.6 Å². The molecule has 0 bridgehead atoms. The highest BCUT2D eigenvalue weighted by atomic mass is 127. The molecule has 1 aromatic rings. The molecule has 0 radical (unpaired) electrons. The predicted molar refractivity (Wildman–Crippen MR) is 112 cm³/mol. The number of aliphatic imine (C=N–C) groups is 1. The van der Waals surface area contributed by atoms with Crippen molar-refractivity contribution in [3.05, 3.63) is 35.1 Å². The second-order valence-electron chi connectivity index (χ2n) is 5.31. The molecule has 0 amide bonds. The standard InChI is InChI=1S/C16H27FN4O2S.HI/c1-4-18-16(20-10-11-21-24(22,23)5-2)19-9-8-14-6-7-15(17)12-13(14)3;/h6-7,12,21H,4-5,8-11H2,1-3H3,(H2,18,19,20);1H. The Morgan fingerprint density at radius 3 is 2.52 bits per heavy atom. The van der Waals surface area contributed by atoms with Gasteiger partial charge in [-0.3, -0.25) is 4.99 Å². The molecule has 25 heavy (non-hydrogen) atoms. The molecule has 1 rings (SSSR count). The van der Waals surface area contributed by atoms with E-state index in [1.165, 1.54) is 12.1 Å². The first-order valence-electron chi connectivity index (χ1n) is 8.12. The summed E-state index contributed by atoms with van der Waals surface area (Å²) in [6, 6.07) is 4.77. The first kappa shape index (κ1) is 24.1. The number of aryl methyl sites for hydroxylation is 1. The van der Waals surface area contributed by atoms with Crippen molar-refractivity contribution in [3.8, 4) is 0 Å². The number of hydrogen-bond donors (Lipinski definition) is 3. The van der Waals surface area contributed by atoms with Gasteiger partial charge in [0, 0.05) is 19.6 Å². The first-order valence-corrected chi connectivity index (χ1v) is 9.77. The normalized spacial score (nSPS) is 11.8. The number of guanidine groups is 1. The maximum absolute atomic E-state index is 13.1. The molecule has 1 aromatic carbocycles. The van der Waals surface area contributed by atoms with Crippen LogP contribution in [0.15, 0.2) is 23.2 Å². The van der Waals surface area contributed by atoms with Gasteiger partial charge in [-0.2, -0.15) is 0 Å². The molecule has 0 fully saturated rings. The average molecular weight is 486 g/mol. The number of halogens is 2. The van der Waals surface area contributed by atoms with E-state index in [0.29, 0.717) is 25.6 Å². The summed E-state index contributed by atoms with van der Waals surface area (Å²) in [5.41, 5.74) is 2.00. The SMILES string of the molecule is CCNC(=NCCNS(=O)(=O)CC)NCCc1ccc(F)cc1C.I. The van der Waals surface area contributed by atoms with Gasteiger partial charge in [0.05, 0.1) is 12.3 Å². The number of sulfonamides is 1. The van der Waals surface area contributed by atoms with Crippen LogP contribution in [0.5, 0.6) is 0 Å². The zero-order valence-corrected chi connectivity index (χ0v) is 18.1. The Hall–Kier alpha value is -0.940. The molecule has 9 heteroatoms. The van der Waals surface area contributed by atoms with Crippen molar-refractivity contribution in [3.63, 3.8) is 0 Å². The Morgan fingerprint density at radius 2 is 1.92 bits per heavy atom. The van der Waals surface area contributed by atoms with Crippen LogP contribution in [-0.4, -0.2) is 46.3 Å². The van der Waals surface area contributed by atoms with Crippen LogP contribution in [0.1, 0.15) is 25.0 Å². The van der Waals surface area contributed by atoms with Crippen LogP contribution in [0, 0.1) is 12.7 Å². The molecule has 6 nitrogen and oxygen atoms in total. The van der Waals surface area contributed by atoms with Crippen LogP contribution in [0.3, 0.4) is 0 Å². The predicted octanol–water partition coefficient (Wildman–Crippen LogP) is 1.79. The molecule has 0 aliphatic heterocycles. The maximum atomic E-state index is 13.1. The summed E-state index contributed by atoms with van der Waals surface area (Å²) < 4.78 is 38.2. The minimum absolute atomic E-state index is 0. The zero-order chi connectivity index (χ0) is 18.0. The van der Waals surface area contributed by atoms with Crippen molar-refractivity contribution in [2.24, 2.45) is 4.99 Å². The van der Waals surface area contributed by atoms with Crippen molar-refractivity contribution in [1.29, 1.82) is 0 Å². The van der Waals surface area contributed by atoms with Crippen LogP contribution in [0.25, 0.3) is 0 Å². The fraction of sp³-hybridized carbons (Fsp3) is 0.562. The lowest BCUT2D eigenvalue weighted by Crippen LogP contribution is -2.39. The monoisotopic (exact) mass is 486 g/mol. The second kappa shape index (κ2) is 12.4. The van der Waals surface area contributed by atoms with E-state index in [1.807, 2.05) is 13.8 Å². The third kappa shape index (κ3) is 9.95. The fourth-order valence-corrected chi connectivity index (χ4v) is 2.67. The van der Waals surface area contributed by atoms with Gasteiger partial charge in [0.1, 0.15) is 5.82 Å². The Balaban J connectivity index is 0.00000576. The van der Waals surface area contributed by atoms with Crippen molar-refractivity contribution < 1.29 is 12.8 Å². The lowest BCUT2D eigenvalue weighted by atomic mass is 10.1. The molecule has 144 valence electrons. The van der Waals surface area contributed by atoms with Crippen LogP contribution in [0.4, 0.5) is 4.39 Å². The van der Waals surface area contributed by atoms with Crippen molar-refractivity contribution in [2.75, 3.05) is 31.9 Å². The largest absolute Gasteiger partial charge is 0.357 e. The van der Waals surface area contributed by atoms with Gasteiger partial charge in [0.2, 0.25) is 10.0 Å². The summed E-state index contributed by atoms with van der Waals surface area (Å²) in [4.78, 5) is 4.33. The van der Waals surface area contributed by atoms with Gasteiger partial charge >= 0.3 is 0 Å². The highest BCUT2D eigenvalue weighted by Gasteiger charge is 2.05. The Kier molecular flexibility index (Phi) is 12.0. The van der Waals surface area contributed by atoms with Crippen LogP contribution in [0.2, 0.25) is 0 Å². The van der Waals surface area contributed by atoms with Crippen LogP contribution >= 0.6 is 24.0 Å². The lowest BCUT2D eigenvalue weighted by Gasteiger charge is -2.12. The number of hydrogen-bond acceptors (Lipinski definition) is 3. The van der Waals surface area contributed by atoms with Gasteiger partial charge in [-0.1, -0.05) is 6.07 Å². The van der Waals surface area contributed by atoms with Gasteiger partial charge in [0.15, 0.2) is 5.96 Å². The quantitative estimate of drug-likeness (QED) is 0.215. The minimum atomic E-state index is -3.18. The van der Waals surface area contributed by atoms with E-state index >= 15 is 0 Å². The molecule has 0 saturated carbocycles. The number of nitrogens with zero attached hydrogens (tertiary/aromatic N) is 1. The molecule has 0 saturated heterocycles. The van der Waals surface area contributed by atoms with E-state index < -0.39 is 10.0 Å². The van der Waals surface area contributed by atoms with Crippen LogP contribution in [-0.2, 0) is 16.4 Å². The zero-order valence-electron chi connectivity index (χ0n) is 14.9. The topological polar surface area (TPSA) is 82.6 Å². The molecule has 0 aliphatic carbocycles. The highest BCUT2D eigenvalue weighted by molar-refractivity contribution is 14.0. The van der Waals surface area contributed by atoms with Crippen molar-refractivity contribution in [2.45, 2.75) is 27.2 Å². The van der Waals surface area contributed by atoms with Gasteiger partial charge in [-0.25, -0.2) is 17.5 Å². The summed E-state index contributed by atoms with van der Waals surface area (Å²) in [7, 11) is -3.18. The molecular formula is C16H28FIN4O2S. The van der Waals surface area contributed by atoms with E-state index in [9.17, 15) is 12.8 Å². The Bertz CT molecular complexity index is 654. The minimum Gasteiger partial charge on any atom is -0.357 e. The number of rotatable bonds is 9. The average Bonchev–Trinajstić information content (AvgIpc) is 2.53. The molecule has 0 unspecified atom stereocenters.